The van der Waals surface area contributed by atoms with E-state index in [9.17, 15) is 5.11 Å². The molecule has 2 aromatic heterocycles. The van der Waals surface area contributed by atoms with Crippen LogP contribution in [0.3, 0.4) is 0 Å². The summed E-state index contributed by atoms with van der Waals surface area (Å²) in [5.41, 5.74) is 6.46. The second-order valence-corrected chi connectivity index (χ2v) is 13.7. The van der Waals surface area contributed by atoms with Gasteiger partial charge in [-0.15, -0.1) is 22.7 Å². The Morgan fingerprint density at radius 2 is 1.58 bits per heavy atom. The minimum Gasteiger partial charge on any atom is -0.396 e. The van der Waals surface area contributed by atoms with Gasteiger partial charge in [0.15, 0.2) is 0 Å². The average Bonchev–Trinajstić information content (AvgIpc) is 3.48. The maximum atomic E-state index is 9.29. The van der Waals surface area contributed by atoms with Crippen molar-refractivity contribution in [1.82, 2.24) is 5.32 Å². The van der Waals surface area contributed by atoms with Crippen LogP contribution in [0.1, 0.15) is 22.6 Å². The van der Waals surface area contributed by atoms with Gasteiger partial charge in [0.2, 0.25) is 0 Å². The number of aliphatic hydroxyl groups is 1. The number of nitrogens with one attached hydrogen (secondary N) is 1. The Labute approximate surface area is 218 Å². The molecule has 3 heterocycles. The molecule has 0 bridgehead atoms. The first-order chi connectivity index (χ1) is 16.0. The molecule has 0 amide bonds. The number of hydrogen-bond donors (Lipinski definition) is 3. The number of aliphatic hydroxyl groups excluding tert-OH is 1. The van der Waals surface area contributed by atoms with Crippen LogP contribution in [0, 0.1) is 11.8 Å². The van der Waals surface area contributed by atoms with Crippen LogP contribution in [0.5, 0.6) is 0 Å². The second-order valence-electron chi connectivity index (χ2n) is 9.72. The molecular formula is C26H26Br2N2OS2. The highest BCUT2D eigenvalue weighted by Crippen LogP contribution is 2.59. The summed E-state index contributed by atoms with van der Waals surface area (Å²) >= 11 is 10.8. The molecule has 172 valence electrons. The topological polar surface area (TPSA) is 58.3 Å². The van der Waals surface area contributed by atoms with Gasteiger partial charge in [0, 0.05) is 58.6 Å². The van der Waals surface area contributed by atoms with Crippen LogP contribution in [0.4, 0.5) is 0 Å². The zero-order valence-electron chi connectivity index (χ0n) is 18.1. The lowest BCUT2D eigenvalue weighted by atomic mass is 10.0. The van der Waals surface area contributed by atoms with E-state index in [1.165, 1.54) is 49.0 Å². The third-order valence-electron chi connectivity index (χ3n) is 7.83. The predicted molar refractivity (Wildman–Crippen MR) is 148 cm³/mol. The zero-order valence-corrected chi connectivity index (χ0v) is 22.9. The second kappa shape index (κ2) is 8.40. The molecule has 4 N–H and O–H groups in total. The summed E-state index contributed by atoms with van der Waals surface area (Å²) in [7, 11) is 0. The predicted octanol–water partition coefficient (Wildman–Crippen LogP) is 6.40. The zero-order chi connectivity index (χ0) is 22.8. The van der Waals surface area contributed by atoms with E-state index in [2.05, 4.69) is 85.7 Å². The fraction of sp³-hybridized carbons (Fsp3) is 0.385. The average molecular weight is 606 g/mol. The summed E-state index contributed by atoms with van der Waals surface area (Å²) in [4.78, 5) is 2.92. The number of rotatable bonds is 4. The Morgan fingerprint density at radius 1 is 0.939 bits per heavy atom. The normalized spacial score (nSPS) is 29.7. The molecular weight excluding hydrogens is 580 g/mol. The Bertz CT molecular complexity index is 1350. The molecule has 4 aromatic rings. The summed E-state index contributed by atoms with van der Waals surface area (Å²) < 4.78 is 4.99. The van der Waals surface area contributed by atoms with Crippen molar-refractivity contribution < 1.29 is 5.11 Å². The molecule has 1 saturated heterocycles. The van der Waals surface area contributed by atoms with Crippen molar-refractivity contribution in [3.8, 4) is 0 Å². The fourth-order valence-corrected chi connectivity index (χ4v) is 9.29. The summed E-state index contributed by atoms with van der Waals surface area (Å²) in [6, 6.07) is 17.5. The first-order valence-corrected chi connectivity index (χ1v) is 14.6. The highest BCUT2D eigenvalue weighted by Gasteiger charge is 2.59. The molecule has 7 rings (SSSR count). The van der Waals surface area contributed by atoms with E-state index < -0.39 is 0 Å². The van der Waals surface area contributed by atoms with Crippen LogP contribution in [-0.4, -0.2) is 31.3 Å². The summed E-state index contributed by atoms with van der Waals surface area (Å²) in [6.45, 7) is 3.28. The lowest BCUT2D eigenvalue weighted by molar-refractivity contribution is 0.264. The Morgan fingerprint density at radius 3 is 2.09 bits per heavy atom. The van der Waals surface area contributed by atoms with E-state index in [0.717, 1.165) is 16.8 Å². The third kappa shape index (κ3) is 3.84. The fourth-order valence-electron chi connectivity index (χ4n) is 5.50. The maximum absolute atomic E-state index is 9.29. The van der Waals surface area contributed by atoms with Gasteiger partial charge in [-0.2, -0.15) is 0 Å². The number of fused-ring (bicyclic) bond motifs is 3. The van der Waals surface area contributed by atoms with Crippen molar-refractivity contribution in [2.45, 2.75) is 23.7 Å². The standard InChI is InChI=1S/C13H14BrNOS.C13H12BrNS/c14-10-2-1-8-3-12(17-11(8)4-10)13(7-15)5-9(13)6-16;14-10-2-1-8-3-12(16-11(8)4-10)13-5-9(13)6-15-7-13/h1-4,9,16H,5-7,15H2;1-4,9,15H,5-7H2. The Balaban J connectivity index is 0.000000125. The number of piperidine rings is 1. The number of halogens is 2. The number of nitrogens with two attached hydrogens (primary N) is 1. The number of hydrogen-bond acceptors (Lipinski definition) is 5. The minimum atomic E-state index is 0.0465. The van der Waals surface area contributed by atoms with E-state index in [1.54, 1.807) is 16.2 Å². The van der Waals surface area contributed by atoms with E-state index in [4.69, 9.17) is 5.73 Å². The number of benzene rings is 2. The molecule has 1 aliphatic heterocycles. The molecule has 7 heteroatoms. The van der Waals surface area contributed by atoms with Gasteiger partial charge < -0.3 is 16.2 Å². The first-order valence-electron chi connectivity index (χ1n) is 11.4. The van der Waals surface area contributed by atoms with Gasteiger partial charge in [0.25, 0.3) is 0 Å². The third-order valence-corrected chi connectivity index (χ3v) is 11.4. The van der Waals surface area contributed by atoms with Crippen LogP contribution in [0.2, 0.25) is 0 Å². The summed E-state index contributed by atoms with van der Waals surface area (Å²) in [5, 5.41) is 15.5. The molecule has 4 unspecified atom stereocenters. The van der Waals surface area contributed by atoms with Crippen molar-refractivity contribution in [3.63, 3.8) is 0 Å². The van der Waals surface area contributed by atoms with Gasteiger partial charge in [0.05, 0.1) is 0 Å². The van der Waals surface area contributed by atoms with Gasteiger partial charge >= 0.3 is 0 Å². The van der Waals surface area contributed by atoms with Gasteiger partial charge in [-0.25, -0.2) is 0 Å². The lowest BCUT2D eigenvalue weighted by Crippen LogP contribution is -2.22. The van der Waals surface area contributed by atoms with Crippen LogP contribution in [0.15, 0.2) is 57.5 Å². The Kier molecular flexibility index (Phi) is 5.77. The van der Waals surface area contributed by atoms with Crippen molar-refractivity contribution in [3.05, 3.63) is 67.2 Å². The van der Waals surface area contributed by atoms with Gasteiger partial charge in [-0.05, 0) is 78.4 Å². The monoisotopic (exact) mass is 604 g/mol. The van der Waals surface area contributed by atoms with Crippen molar-refractivity contribution in [2.75, 3.05) is 26.2 Å². The molecule has 3 aliphatic rings. The van der Waals surface area contributed by atoms with Crippen LogP contribution >= 0.6 is 54.5 Å². The largest absolute Gasteiger partial charge is 0.396 e. The summed E-state index contributed by atoms with van der Waals surface area (Å²) in [5.74, 6) is 1.26. The molecule has 33 heavy (non-hydrogen) atoms. The van der Waals surface area contributed by atoms with Gasteiger partial charge in [-0.3, -0.25) is 0 Å². The van der Waals surface area contributed by atoms with Crippen LogP contribution < -0.4 is 11.1 Å². The van der Waals surface area contributed by atoms with Crippen LogP contribution in [0.25, 0.3) is 20.2 Å². The van der Waals surface area contributed by atoms with Gasteiger partial charge in [-0.1, -0.05) is 44.0 Å². The van der Waals surface area contributed by atoms with Crippen molar-refractivity contribution in [1.29, 1.82) is 0 Å². The lowest BCUT2D eigenvalue weighted by Gasteiger charge is -2.11. The molecule has 2 aromatic carbocycles. The molecule has 4 atom stereocenters. The highest BCUT2D eigenvalue weighted by molar-refractivity contribution is 9.10. The highest BCUT2D eigenvalue weighted by atomic mass is 79.9. The summed E-state index contributed by atoms with van der Waals surface area (Å²) in [6.07, 6.45) is 2.42. The molecule has 2 saturated carbocycles. The van der Waals surface area contributed by atoms with E-state index >= 15 is 0 Å². The van der Waals surface area contributed by atoms with E-state index in [1.807, 2.05) is 11.3 Å². The van der Waals surface area contributed by atoms with E-state index in [0.29, 0.717) is 17.9 Å². The molecule has 2 aliphatic carbocycles. The van der Waals surface area contributed by atoms with Crippen LogP contribution in [-0.2, 0) is 10.8 Å². The van der Waals surface area contributed by atoms with E-state index in [-0.39, 0.29) is 12.0 Å². The number of thiophene rings is 2. The quantitative estimate of drug-likeness (QED) is 0.252. The first kappa shape index (κ1) is 22.7. The molecule has 3 nitrogen and oxygen atoms in total. The smallest absolute Gasteiger partial charge is 0.0468 e. The van der Waals surface area contributed by atoms with Crippen molar-refractivity contribution in [2.24, 2.45) is 17.6 Å². The Hall–Kier alpha value is -0.800. The maximum Gasteiger partial charge on any atom is 0.0468 e. The molecule has 3 fully saturated rings. The SMILES string of the molecule is Brc1ccc2cc(C34CNCC3C4)sc2c1.NCC1(c2cc3ccc(Br)cc3s2)CC1CO. The molecule has 0 radical (unpaired) electrons. The molecule has 0 spiro atoms. The van der Waals surface area contributed by atoms with Gasteiger partial charge in [0.1, 0.15) is 0 Å². The van der Waals surface area contributed by atoms with Crippen molar-refractivity contribution >= 4 is 74.7 Å². The minimum absolute atomic E-state index is 0.0465.